The van der Waals surface area contributed by atoms with Gasteiger partial charge in [0.05, 0.1) is 6.42 Å². The third-order valence-electron chi connectivity index (χ3n) is 2.93. The zero-order chi connectivity index (χ0) is 15.0. The molecule has 0 fully saturated rings. The van der Waals surface area contributed by atoms with Gasteiger partial charge in [-0.25, -0.2) is 4.79 Å². The number of rotatable bonds is 8. The Morgan fingerprint density at radius 1 is 1.21 bits per heavy atom. The first-order valence-electron chi connectivity index (χ1n) is 6.69. The van der Waals surface area contributed by atoms with Gasteiger partial charge in [0.15, 0.2) is 0 Å². The van der Waals surface area contributed by atoms with E-state index in [1.54, 1.807) is 0 Å². The standard InChI is InChI=1S/C13H27N3O3/c1-6-10(7-12(17)18)14-13(19)15-11(9(2)3)8-16(4)5/h9-11H,6-8H2,1-5H3,(H,17,18)(H2,14,15,19). The molecule has 3 N–H and O–H groups in total. The summed E-state index contributed by atoms with van der Waals surface area (Å²) in [4.78, 5) is 24.5. The van der Waals surface area contributed by atoms with Crippen molar-refractivity contribution in [2.45, 2.75) is 45.7 Å². The molecule has 0 radical (unpaired) electrons. The molecule has 19 heavy (non-hydrogen) atoms. The molecule has 0 aliphatic carbocycles. The van der Waals surface area contributed by atoms with Gasteiger partial charge in [-0.1, -0.05) is 20.8 Å². The quantitative estimate of drug-likeness (QED) is 0.619. The normalized spacial score (nSPS) is 14.3. The van der Waals surface area contributed by atoms with E-state index in [4.69, 9.17) is 5.11 Å². The van der Waals surface area contributed by atoms with Gasteiger partial charge in [0, 0.05) is 18.6 Å². The van der Waals surface area contributed by atoms with E-state index in [1.165, 1.54) is 0 Å². The molecule has 6 nitrogen and oxygen atoms in total. The monoisotopic (exact) mass is 273 g/mol. The Labute approximate surface area is 115 Å². The molecule has 0 aromatic rings. The maximum Gasteiger partial charge on any atom is 0.315 e. The first-order chi connectivity index (χ1) is 8.76. The lowest BCUT2D eigenvalue weighted by molar-refractivity contribution is -0.137. The molecule has 0 saturated heterocycles. The van der Waals surface area contributed by atoms with Crippen LogP contribution < -0.4 is 10.6 Å². The molecule has 0 heterocycles. The Morgan fingerprint density at radius 2 is 1.79 bits per heavy atom. The molecule has 0 saturated carbocycles. The average Bonchev–Trinajstić information content (AvgIpc) is 2.25. The fraction of sp³-hybridized carbons (Fsp3) is 0.846. The molecular formula is C13H27N3O3. The van der Waals surface area contributed by atoms with Gasteiger partial charge in [0.25, 0.3) is 0 Å². The van der Waals surface area contributed by atoms with Crippen LogP contribution in [0.3, 0.4) is 0 Å². The van der Waals surface area contributed by atoms with Crippen molar-refractivity contribution in [3.63, 3.8) is 0 Å². The summed E-state index contributed by atoms with van der Waals surface area (Å²) in [6.45, 7) is 6.69. The summed E-state index contributed by atoms with van der Waals surface area (Å²) in [5, 5.41) is 14.3. The predicted octanol–water partition coefficient (Wildman–Crippen LogP) is 1.13. The van der Waals surface area contributed by atoms with Crippen LogP contribution in [0.4, 0.5) is 4.79 Å². The molecule has 6 heteroatoms. The number of aliphatic carboxylic acids is 1. The van der Waals surface area contributed by atoms with Gasteiger partial charge < -0.3 is 20.6 Å². The molecule has 0 aliphatic rings. The van der Waals surface area contributed by atoms with E-state index >= 15 is 0 Å². The van der Waals surface area contributed by atoms with Crippen molar-refractivity contribution in [1.82, 2.24) is 15.5 Å². The summed E-state index contributed by atoms with van der Waals surface area (Å²) in [5.74, 6) is -0.589. The molecule has 112 valence electrons. The van der Waals surface area contributed by atoms with Crippen LogP contribution >= 0.6 is 0 Å². The topological polar surface area (TPSA) is 81.7 Å². The average molecular weight is 273 g/mol. The van der Waals surface area contributed by atoms with Gasteiger partial charge in [0.1, 0.15) is 0 Å². The van der Waals surface area contributed by atoms with Crippen LogP contribution in [-0.2, 0) is 4.79 Å². The van der Waals surface area contributed by atoms with Crippen molar-refractivity contribution < 1.29 is 14.7 Å². The second-order valence-corrected chi connectivity index (χ2v) is 5.43. The minimum absolute atomic E-state index is 0.0392. The highest BCUT2D eigenvalue weighted by Gasteiger charge is 2.19. The van der Waals surface area contributed by atoms with Crippen molar-refractivity contribution >= 4 is 12.0 Å². The highest BCUT2D eigenvalue weighted by Crippen LogP contribution is 2.03. The number of carbonyl (C=O) groups is 2. The summed E-state index contributed by atoms with van der Waals surface area (Å²) in [7, 11) is 3.91. The number of nitrogens with one attached hydrogen (secondary N) is 2. The Morgan fingerprint density at radius 3 is 2.16 bits per heavy atom. The van der Waals surface area contributed by atoms with E-state index < -0.39 is 5.97 Å². The SMILES string of the molecule is CCC(CC(=O)O)NC(=O)NC(CN(C)C)C(C)C. The number of hydrogen-bond acceptors (Lipinski definition) is 3. The maximum absolute atomic E-state index is 11.9. The summed E-state index contributed by atoms with van der Waals surface area (Å²) >= 11 is 0. The Balaban J connectivity index is 4.35. The van der Waals surface area contributed by atoms with Gasteiger partial charge in [-0.2, -0.15) is 0 Å². The summed E-state index contributed by atoms with van der Waals surface area (Å²) in [6.07, 6.45) is 0.545. The number of likely N-dealkylation sites (N-methyl/N-ethyl adjacent to an activating group) is 1. The van der Waals surface area contributed by atoms with Gasteiger partial charge in [0.2, 0.25) is 0 Å². The van der Waals surface area contributed by atoms with Crippen molar-refractivity contribution in [1.29, 1.82) is 0 Å². The zero-order valence-electron chi connectivity index (χ0n) is 12.6. The molecule has 0 spiro atoms. The highest BCUT2D eigenvalue weighted by molar-refractivity contribution is 5.76. The van der Waals surface area contributed by atoms with E-state index in [1.807, 2.05) is 39.8 Å². The molecule has 0 aromatic heterocycles. The second kappa shape index (κ2) is 8.74. The second-order valence-electron chi connectivity index (χ2n) is 5.43. The van der Waals surface area contributed by atoms with E-state index in [0.29, 0.717) is 12.3 Å². The molecular weight excluding hydrogens is 246 g/mol. The van der Waals surface area contributed by atoms with Crippen LogP contribution in [0, 0.1) is 5.92 Å². The van der Waals surface area contributed by atoms with E-state index in [-0.39, 0.29) is 24.5 Å². The van der Waals surface area contributed by atoms with Crippen molar-refractivity contribution in [3.8, 4) is 0 Å². The van der Waals surface area contributed by atoms with Crippen LogP contribution in [0.5, 0.6) is 0 Å². The Bertz CT molecular complexity index is 293. The first-order valence-corrected chi connectivity index (χ1v) is 6.69. The molecule has 0 rings (SSSR count). The minimum atomic E-state index is -0.902. The Kier molecular flexibility index (Phi) is 8.14. The van der Waals surface area contributed by atoms with Gasteiger partial charge >= 0.3 is 12.0 Å². The summed E-state index contributed by atoms with van der Waals surface area (Å²) in [6, 6.07) is -0.587. The lowest BCUT2D eigenvalue weighted by Gasteiger charge is -2.26. The third-order valence-corrected chi connectivity index (χ3v) is 2.93. The predicted molar refractivity (Wildman–Crippen MR) is 75.2 cm³/mol. The maximum atomic E-state index is 11.9. The lowest BCUT2D eigenvalue weighted by Crippen LogP contribution is -2.51. The van der Waals surface area contributed by atoms with Gasteiger partial charge in [-0.15, -0.1) is 0 Å². The molecule has 2 unspecified atom stereocenters. The third kappa shape index (κ3) is 8.42. The number of urea groups is 1. The van der Waals surface area contributed by atoms with E-state index in [9.17, 15) is 9.59 Å². The Hall–Kier alpha value is -1.30. The summed E-state index contributed by atoms with van der Waals surface area (Å²) < 4.78 is 0. The first kappa shape index (κ1) is 17.7. The van der Waals surface area contributed by atoms with Gasteiger partial charge in [-0.05, 0) is 26.4 Å². The smallest absolute Gasteiger partial charge is 0.315 e. The van der Waals surface area contributed by atoms with Gasteiger partial charge in [-0.3, -0.25) is 4.79 Å². The number of carboxylic acid groups (broad SMARTS) is 1. The zero-order valence-corrected chi connectivity index (χ0v) is 12.6. The largest absolute Gasteiger partial charge is 0.481 e. The van der Waals surface area contributed by atoms with E-state index in [2.05, 4.69) is 10.6 Å². The van der Waals surface area contributed by atoms with Crippen molar-refractivity contribution in [2.75, 3.05) is 20.6 Å². The number of carbonyl (C=O) groups excluding carboxylic acids is 1. The van der Waals surface area contributed by atoms with Crippen LogP contribution in [0.1, 0.15) is 33.6 Å². The van der Waals surface area contributed by atoms with Crippen molar-refractivity contribution in [2.24, 2.45) is 5.92 Å². The fourth-order valence-corrected chi connectivity index (χ4v) is 1.72. The number of amides is 2. The van der Waals surface area contributed by atoms with E-state index in [0.717, 1.165) is 6.54 Å². The molecule has 0 aromatic carbocycles. The van der Waals surface area contributed by atoms with Crippen LogP contribution in [0.25, 0.3) is 0 Å². The number of carboxylic acids is 1. The molecule has 2 amide bonds. The molecule has 2 atom stereocenters. The molecule has 0 aliphatic heterocycles. The van der Waals surface area contributed by atoms with Crippen LogP contribution in [0.2, 0.25) is 0 Å². The fourth-order valence-electron chi connectivity index (χ4n) is 1.72. The molecule has 0 bridgehead atoms. The number of hydrogen-bond donors (Lipinski definition) is 3. The lowest BCUT2D eigenvalue weighted by atomic mass is 10.0. The summed E-state index contributed by atoms with van der Waals surface area (Å²) in [5.41, 5.74) is 0. The number of nitrogens with zero attached hydrogens (tertiary/aromatic N) is 1. The van der Waals surface area contributed by atoms with Crippen LogP contribution in [0.15, 0.2) is 0 Å². The minimum Gasteiger partial charge on any atom is -0.481 e. The van der Waals surface area contributed by atoms with Crippen LogP contribution in [-0.4, -0.2) is 54.7 Å². The van der Waals surface area contributed by atoms with Crippen molar-refractivity contribution in [3.05, 3.63) is 0 Å². The highest BCUT2D eigenvalue weighted by atomic mass is 16.4.